The first-order chi connectivity index (χ1) is 9.41. The summed E-state index contributed by atoms with van der Waals surface area (Å²) in [5, 5.41) is 10.8. The molecule has 0 radical (unpaired) electrons. The molecule has 1 aromatic carbocycles. The fourth-order valence-corrected chi connectivity index (χ4v) is 2.31. The lowest BCUT2D eigenvalue weighted by Crippen LogP contribution is -2.19. The number of rotatable bonds is 3. The number of hydrogen-bond acceptors (Lipinski definition) is 4. The Bertz CT molecular complexity index is 629. The third-order valence-corrected chi connectivity index (χ3v) is 3.71. The smallest absolute Gasteiger partial charge is 0.272 e. The Morgan fingerprint density at radius 1 is 1.52 bits per heavy atom. The Kier molecular flexibility index (Phi) is 5.36. The van der Waals surface area contributed by atoms with Gasteiger partial charge in [-0.1, -0.05) is 18.5 Å². The Balaban J connectivity index is 0.00000220. The maximum atomic E-state index is 10.8. The number of nitro benzene ring substituents is 1. The Hall–Kier alpha value is -1.59. The zero-order chi connectivity index (χ0) is 14.9. The predicted octanol–water partition coefficient (Wildman–Crippen LogP) is 4.35. The highest BCUT2D eigenvalue weighted by Crippen LogP contribution is 2.35. The average Bonchev–Trinajstić information content (AvgIpc) is 2.76. The molecule has 0 saturated carbocycles. The minimum absolute atomic E-state index is 0. The minimum atomic E-state index is -0.479. The van der Waals surface area contributed by atoms with Crippen molar-refractivity contribution in [2.75, 3.05) is 0 Å². The molecule has 1 aliphatic heterocycles. The molecule has 7 heteroatoms. The summed E-state index contributed by atoms with van der Waals surface area (Å²) >= 11 is 5.77. The summed E-state index contributed by atoms with van der Waals surface area (Å²) in [7, 11) is 0. The molecule has 114 valence electrons. The van der Waals surface area contributed by atoms with E-state index in [-0.39, 0.29) is 18.1 Å². The lowest BCUT2D eigenvalue weighted by Gasteiger charge is -2.16. The average molecular weight is 331 g/mol. The van der Waals surface area contributed by atoms with Gasteiger partial charge in [-0.05, 0) is 32.4 Å². The number of nitro groups is 1. The van der Waals surface area contributed by atoms with Crippen LogP contribution in [-0.4, -0.2) is 16.4 Å². The maximum Gasteiger partial charge on any atom is 0.272 e. The third kappa shape index (κ3) is 3.19. The molecular formula is C14H16Cl2N2O3. The van der Waals surface area contributed by atoms with Gasteiger partial charge < -0.3 is 4.74 Å². The van der Waals surface area contributed by atoms with Crippen LogP contribution < -0.4 is 0 Å². The van der Waals surface area contributed by atoms with Gasteiger partial charge in [0.15, 0.2) is 0 Å². The van der Waals surface area contributed by atoms with E-state index in [9.17, 15) is 10.1 Å². The third-order valence-electron chi connectivity index (χ3n) is 3.51. The molecule has 0 spiro atoms. The fraction of sp³-hybridized carbons (Fsp3) is 0.357. The summed E-state index contributed by atoms with van der Waals surface area (Å²) in [5.74, 6) is 1.03. The molecule has 5 nitrogen and oxygen atoms in total. The lowest BCUT2D eigenvalue weighted by molar-refractivity contribution is -0.385. The van der Waals surface area contributed by atoms with Crippen LogP contribution in [0.1, 0.15) is 31.4 Å². The van der Waals surface area contributed by atoms with Crippen molar-refractivity contribution in [1.29, 1.82) is 0 Å². The van der Waals surface area contributed by atoms with Gasteiger partial charge in [-0.25, -0.2) is 4.99 Å². The molecule has 0 N–H and O–H groups in total. The van der Waals surface area contributed by atoms with Crippen molar-refractivity contribution in [1.82, 2.24) is 0 Å². The molecule has 2 rings (SSSR count). The van der Waals surface area contributed by atoms with Crippen LogP contribution in [0.5, 0.6) is 0 Å². The second-order valence-electron chi connectivity index (χ2n) is 4.88. The second kappa shape index (κ2) is 6.45. The summed E-state index contributed by atoms with van der Waals surface area (Å²) in [6.07, 6.45) is 0.751. The summed E-state index contributed by atoms with van der Waals surface area (Å²) in [6.45, 7) is 5.62. The van der Waals surface area contributed by atoms with E-state index in [1.165, 1.54) is 11.6 Å². The summed E-state index contributed by atoms with van der Waals surface area (Å²) in [5.41, 5.74) is 2.27. The van der Waals surface area contributed by atoms with Gasteiger partial charge in [0.25, 0.3) is 5.69 Å². The van der Waals surface area contributed by atoms with E-state index in [0.29, 0.717) is 22.8 Å². The predicted molar refractivity (Wildman–Crippen MR) is 85.3 cm³/mol. The molecule has 0 saturated heterocycles. The normalized spacial score (nSPS) is 22.5. The van der Waals surface area contributed by atoms with Crippen LogP contribution in [-0.2, 0) is 4.74 Å². The number of nitrogens with zero attached hydrogens (tertiary/aromatic N) is 2. The molecule has 0 aromatic heterocycles. The molecule has 1 atom stereocenters. The summed E-state index contributed by atoms with van der Waals surface area (Å²) in [6, 6.07) is 4.80. The molecule has 1 aliphatic rings. The standard InChI is InChI=1S/C14H15ClN2O3.ClH/c1-4-14(3)12(8-15)20-13(16-14)10-5-6-11(17(18)19)9(2)7-10;/h5-8H,4H2,1-3H3;1H. The van der Waals surface area contributed by atoms with Gasteiger partial charge in [0.05, 0.1) is 4.92 Å². The molecule has 0 bridgehead atoms. The molecule has 0 amide bonds. The van der Waals surface area contributed by atoms with E-state index >= 15 is 0 Å². The van der Waals surface area contributed by atoms with Crippen molar-refractivity contribution in [3.8, 4) is 0 Å². The van der Waals surface area contributed by atoms with E-state index in [4.69, 9.17) is 16.3 Å². The van der Waals surface area contributed by atoms with Gasteiger partial charge in [-0.3, -0.25) is 10.1 Å². The molecule has 1 aromatic rings. The van der Waals surface area contributed by atoms with Gasteiger partial charge in [-0.2, -0.15) is 0 Å². The van der Waals surface area contributed by atoms with Gasteiger partial charge >= 0.3 is 0 Å². The quantitative estimate of drug-likeness (QED) is 0.611. The van der Waals surface area contributed by atoms with Gasteiger partial charge in [0.1, 0.15) is 11.3 Å². The summed E-state index contributed by atoms with van der Waals surface area (Å²) < 4.78 is 5.67. The summed E-state index contributed by atoms with van der Waals surface area (Å²) in [4.78, 5) is 15.0. The number of benzene rings is 1. The Labute approximate surface area is 134 Å². The zero-order valence-corrected chi connectivity index (χ0v) is 13.5. The highest BCUT2D eigenvalue weighted by Gasteiger charge is 2.36. The second-order valence-corrected chi connectivity index (χ2v) is 5.10. The number of halogens is 2. The van der Waals surface area contributed by atoms with Crippen molar-refractivity contribution in [3.63, 3.8) is 0 Å². The first-order valence-corrected chi connectivity index (χ1v) is 6.69. The Morgan fingerprint density at radius 2 is 2.19 bits per heavy atom. The number of ether oxygens (including phenoxy) is 1. The minimum Gasteiger partial charge on any atom is -0.440 e. The maximum absolute atomic E-state index is 10.8. The largest absolute Gasteiger partial charge is 0.440 e. The van der Waals surface area contributed by atoms with Gasteiger partial charge in [-0.15, -0.1) is 12.4 Å². The van der Waals surface area contributed by atoms with Crippen molar-refractivity contribution >= 4 is 35.6 Å². The van der Waals surface area contributed by atoms with Crippen LogP contribution in [0.2, 0.25) is 0 Å². The fourth-order valence-electron chi connectivity index (χ4n) is 2.03. The van der Waals surface area contributed by atoms with E-state index < -0.39 is 10.5 Å². The van der Waals surface area contributed by atoms with Crippen LogP contribution in [0.3, 0.4) is 0 Å². The van der Waals surface area contributed by atoms with E-state index in [2.05, 4.69) is 4.99 Å². The Morgan fingerprint density at radius 3 is 2.62 bits per heavy atom. The number of aryl methyl sites for hydroxylation is 1. The highest BCUT2D eigenvalue weighted by atomic mass is 35.5. The van der Waals surface area contributed by atoms with Crippen molar-refractivity contribution < 1.29 is 9.66 Å². The molecule has 0 fully saturated rings. The van der Waals surface area contributed by atoms with Crippen LogP contribution in [0, 0.1) is 17.0 Å². The van der Waals surface area contributed by atoms with Crippen LogP contribution in [0.4, 0.5) is 5.69 Å². The van der Waals surface area contributed by atoms with Gasteiger partial charge in [0.2, 0.25) is 5.90 Å². The van der Waals surface area contributed by atoms with Crippen LogP contribution in [0.25, 0.3) is 0 Å². The van der Waals surface area contributed by atoms with Crippen LogP contribution >= 0.6 is 24.0 Å². The first kappa shape index (κ1) is 17.5. The molecule has 1 heterocycles. The van der Waals surface area contributed by atoms with E-state index in [1.807, 2.05) is 13.8 Å². The van der Waals surface area contributed by atoms with Gasteiger partial charge in [0, 0.05) is 22.7 Å². The van der Waals surface area contributed by atoms with Crippen molar-refractivity contribution in [2.24, 2.45) is 4.99 Å². The van der Waals surface area contributed by atoms with Crippen LogP contribution in [0.15, 0.2) is 34.5 Å². The molecule has 1 unspecified atom stereocenters. The number of hydrogen-bond donors (Lipinski definition) is 0. The van der Waals surface area contributed by atoms with Crippen molar-refractivity contribution in [2.45, 2.75) is 32.7 Å². The lowest BCUT2D eigenvalue weighted by atomic mass is 9.99. The van der Waals surface area contributed by atoms with E-state index in [0.717, 1.165) is 6.42 Å². The molecule has 0 aliphatic carbocycles. The highest BCUT2D eigenvalue weighted by molar-refractivity contribution is 6.26. The zero-order valence-electron chi connectivity index (χ0n) is 11.9. The molecular weight excluding hydrogens is 315 g/mol. The van der Waals surface area contributed by atoms with Crippen molar-refractivity contribution in [3.05, 3.63) is 50.7 Å². The first-order valence-electron chi connectivity index (χ1n) is 6.25. The topological polar surface area (TPSA) is 64.7 Å². The monoisotopic (exact) mass is 330 g/mol. The molecule has 21 heavy (non-hydrogen) atoms. The SMILES string of the molecule is CCC1(C)N=C(c2ccc([N+](=O)[O-])c(C)c2)OC1=CCl.Cl. The van der Waals surface area contributed by atoms with E-state index in [1.54, 1.807) is 19.1 Å². The number of aliphatic imine (C=N–C) groups is 1.